The van der Waals surface area contributed by atoms with Gasteiger partial charge < -0.3 is 4.74 Å². The summed E-state index contributed by atoms with van der Waals surface area (Å²) in [5, 5.41) is 0.567. The molecular weight excluding hydrogens is 452 g/mol. The second-order valence-corrected chi connectivity index (χ2v) is 10.4. The minimum absolute atomic E-state index is 0.0389. The van der Waals surface area contributed by atoms with Gasteiger partial charge in [-0.25, -0.2) is 13.1 Å². The first-order chi connectivity index (χ1) is 15.3. The fourth-order valence-electron chi connectivity index (χ4n) is 4.46. The summed E-state index contributed by atoms with van der Waals surface area (Å²) >= 11 is 5.88. The van der Waals surface area contributed by atoms with Crippen LogP contribution < -0.4 is 9.46 Å². The van der Waals surface area contributed by atoms with Crippen LogP contribution in [0.2, 0.25) is 5.02 Å². The van der Waals surface area contributed by atoms with Crippen molar-refractivity contribution in [3.8, 4) is 5.75 Å². The van der Waals surface area contributed by atoms with Crippen molar-refractivity contribution in [3.05, 3.63) is 58.6 Å². The van der Waals surface area contributed by atoms with Gasteiger partial charge in [-0.2, -0.15) is 0 Å². The molecule has 0 aromatic heterocycles. The van der Waals surface area contributed by atoms with Crippen molar-refractivity contribution in [2.75, 3.05) is 7.11 Å². The number of rotatable bonds is 7. The number of hydrogen-bond acceptors (Lipinski definition) is 5. The number of fused-ring (bicyclic) bond motifs is 1. The molecule has 0 bridgehead atoms. The van der Waals surface area contributed by atoms with Crippen LogP contribution in [0.5, 0.6) is 5.75 Å². The molecule has 4 rings (SSSR count). The van der Waals surface area contributed by atoms with Crippen LogP contribution in [0.4, 0.5) is 0 Å². The summed E-state index contributed by atoms with van der Waals surface area (Å²) < 4.78 is 33.8. The number of carbonyl (C=O) groups is 2. The standard InChI is InChI=1S/C23H25ClN2O5S/c1-31-20-11-8-16(14-26-22(27)18-4-2-3-5-19(18)23(26)28)12-21(20)32(29,30)25-13-15-6-9-17(24)10-7-15/h6-12,18-19,25H,2-5,13-14H2,1H3/t18-,19-/m1/s1. The molecule has 2 aromatic rings. The van der Waals surface area contributed by atoms with Crippen molar-refractivity contribution in [2.45, 2.75) is 43.7 Å². The molecule has 32 heavy (non-hydrogen) atoms. The number of amides is 2. The molecule has 1 aliphatic heterocycles. The third-order valence-corrected chi connectivity index (χ3v) is 7.84. The van der Waals surface area contributed by atoms with Crippen LogP contribution in [0, 0.1) is 11.8 Å². The highest BCUT2D eigenvalue weighted by atomic mass is 35.5. The maximum Gasteiger partial charge on any atom is 0.244 e. The average molecular weight is 477 g/mol. The Balaban J connectivity index is 1.55. The molecule has 9 heteroatoms. The predicted molar refractivity (Wildman–Crippen MR) is 119 cm³/mol. The Morgan fingerprint density at radius 3 is 2.19 bits per heavy atom. The lowest BCUT2D eigenvalue weighted by atomic mass is 9.81. The number of carbonyl (C=O) groups excluding carboxylic acids is 2. The molecule has 7 nitrogen and oxygen atoms in total. The van der Waals surface area contributed by atoms with Gasteiger partial charge in [0.2, 0.25) is 21.8 Å². The molecule has 1 aliphatic carbocycles. The smallest absolute Gasteiger partial charge is 0.244 e. The zero-order valence-corrected chi connectivity index (χ0v) is 19.3. The number of methoxy groups -OCH3 is 1. The van der Waals surface area contributed by atoms with E-state index in [2.05, 4.69) is 4.72 Å². The summed E-state index contributed by atoms with van der Waals surface area (Å²) in [6, 6.07) is 11.5. The van der Waals surface area contributed by atoms with Crippen molar-refractivity contribution in [1.82, 2.24) is 9.62 Å². The lowest BCUT2D eigenvalue weighted by molar-refractivity contribution is -0.140. The molecule has 2 amide bonds. The van der Waals surface area contributed by atoms with E-state index in [0.717, 1.165) is 31.2 Å². The Hall–Kier alpha value is -2.42. The molecule has 2 aromatic carbocycles. The quantitative estimate of drug-likeness (QED) is 0.617. The van der Waals surface area contributed by atoms with E-state index in [9.17, 15) is 18.0 Å². The number of nitrogens with one attached hydrogen (secondary N) is 1. The number of benzene rings is 2. The maximum absolute atomic E-state index is 13.0. The molecule has 1 heterocycles. The minimum Gasteiger partial charge on any atom is -0.495 e. The molecule has 0 unspecified atom stereocenters. The van der Waals surface area contributed by atoms with E-state index < -0.39 is 10.0 Å². The summed E-state index contributed by atoms with van der Waals surface area (Å²) in [6.45, 7) is 0.133. The van der Waals surface area contributed by atoms with Gasteiger partial charge in [-0.05, 0) is 48.2 Å². The van der Waals surface area contributed by atoms with Gasteiger partial charge >= 0.3 is 0 Å². The molecule has 0 radical (unpaired) electrons. The van der Waals surface area contributed by atoms with E-state index in [1.54, 1.807) is 36.4 Å². The highest BCUT2D eigenvalue weighted by molar-refractivity contribution is 7.89. The first kappa shape index (κ1) is 22.8. The number of sulfonamides is 1. The number of ether oxygens (including phenoxy) is 1. The second-order valence-electron chi connectivity index (χ2n) is 8.20. The molecule has 0 spiro atoms. The summed E-state index contributed by atoms with van der Waals surface area (Å²) in [5.74, 6) is -0.593. The van der Waals surface area contributed by atoms with Crippen LogP contribution in [0.25, 0.3) is 0 Å². The third-order valence-electron chi connectivity index (χ3n) is 6.17. The molecule has 1 saturated heterocycles. The van der Waals surface area contributed by atoms with Crippen molar-refractivity contribution >= 4 is 33.4 Å². The Kier molecular flexibility index (Phi) is 6.55. The van der Waals surface area contributed by atoms with Gasteiger partial charge in [0.15, 0.2) is 0 Å². The number of halogens is 1. The SMILES string of the molecule is COc1ccc(CN2C(=O)[C@@H]3CCCC[C@H]3C2=O)cc1S(=O)(=O)NCc1ccc(Cl)cc1. The minimum atomic E-state index is -3.91. The highest BCUT2D eigenvalue weighted by Crippen LogP contribution is 2.39. The van der Waals surface area contributed by atoms with E-state index >= 15 is 0 Å². The average Bonchev–Trinajstić information content (AvgIpc) is 3.04. The summed E-state index contributed by atoms with van der Waals surface area (Å²) in [5.41, 5.74) is 1.31. The Morgan fingerprint density at radius 2 is 1.59 bits per heavy atom. The molecular formula is C23H25ClN2O5S. The van der Waals surface area contributed by atoms with Crippen molar-refractivity contribution in [2.24, 2.45) is 11.8 Å². The normalized spacial score (nSPS) is 21.0. The third kappa shape index (κ3) is 4.53. The van der Waals surface area contributed by atoms with E-state index in [4.69, 9.17) is 16.3 Å². The molecule has 1 saturated carbocycles. The Bertz CT molecular complexity index is 1110. The van der Waals surface area contributed by atoms with E-state index in [1.807, 2.05) is 0 Å². The van der Waals surface area contributed by atoms with Crippen molar-refractivity contribution < 1.29 is 22.7 Å². The molecule has 2 fully saturated rings. The van der Waals surface area contributed by atoms with Gasteiger partial charge in [0, 0.05) is 11.6 Å². The van der Waals surface area contributed by atoms with Gasteiger partial charge in [0.25, 0.3) is 0 Å². The van der Waals surface area contributed by atoms with E-state index in [1.165, 1.54) is 18.1 Å². The Labute approximate surface area is 192 Å². The zero-order valence-electron chi connectivity index (χ0n) is 17.7. The number of hydrogen-bond donors (Lipinski definition) is 1. The summed E-state index contributed by atoms with van der Waals surface area (Å²) in [6.07, 6.45) is 3.39. The monoisotopic (exact) mass is 476 g/mol. The largest absolute Gasteiger partial charge is 0.495 e. The second kappa shape index (κ2) is 9.21. The van der Waals surface area contributed by atoms with Crippen LogP contribution in [0.3, 0.4) is 0 Å². The van der Waals surface area contributed by atoms with E-state index in [0.29, 0.717) is 10.6 Å². The first-order valence-corrected chi connectivity index (χ1v) is 12.4. The highest BCUT2D eigenvalue weighted by Gasteiger charge is 2.47. The lowest BCUT2D eigenvalue weighted by Crippen LogP contribution is -2.30. The zero-order chi connectivity index (χ0) is 22.9. The van der Waals surface area contributed by atoms with Crippen LogP contribution in [0.15, 0.2) is 47.4 Å². The summed E-state index contributed by atoms with van der Waals surface area (Å²) in [7, 11) is -2.52. The molecule has 1 N–H and O–H groups in total. The number of likely N-dealkylation sites (tertiary alicyclic amines) is 1. The van der Waals surface area contributed by atoms with Crippen molar-refractivity contribution in [3.63, 3.8) is 0 Å². The van der Waals surface area contributed by atoms with Gasteiger partial charge in [0.05, 0.1) is 25.5 Å². The van der Waals surface area contributed by atoms with Crippen LogP contribution in [-0.4, -0.2) is 32.2 Å². The van der Waals surface area contributed by atoms with Crippen molar-refractivity contribution in [1.29, 1.82) is 0 Å². The van der Waals surface area contributed by atoms with Gasteiger partial charge in [-0.3, -0.25) is 14.5 Å². The maximum atomic E-state index is 13.0. The van der Waals surface area contributed by atoms with Crippen LogP contribution in [-0.2, 0) is 32.7 Å². The fraction of sp³-hybridized carbons (Fsp3) is 0.391. The molecule has 170 valence electrons. The topological polar surface area (TPSA) is 92.8 Å². The Morgan fingerprint density at radius 1 is 1.00 bits per heavy atom. The van der Waals surface area contributed by atoms with Gasteiger partial charge in [0.1, 0.15) is 10.6 Å². The van der Waals surface area contributed by atoms with Crippen LogP contribution in [0.1, 0.15) is 36.8 Å². The number of imide groups is 1. The van der Waals surface area contributed by atoms with Gasteiger partial charge in [-0.15, -0.1) is 0 Å². The fourth-order valence-corrected chi connectivity index (χ4v) is 5.82. The van der Waals surface area contributed by atoms with E-state index in [-0.39, 0.29) is 47.4 Å². The molecule has 2 atom stereocenters. The molecule has 2 aliphatic rings. The van der Waals surface area contributed by atoms with Crippen LogP contribution >= 0.6 is 11.6 Å². The predicted octanol–water partition coefficient (Wildman–Crippen LogP) is 3.50. The summed E-state index contributed by atoms with van der Waals surface area (Å²) in [4.78, 5) is 26.8. The first-order valence-electron chi connectivity index (χ1n) is 10.6. The lowest BCUT2D eigenvalue weighted by Gasteiger charge is -2.19. The number of nitrogens with zero attached hydrogens (tertiary/aromatic N) is 1. The van der Waals surface area contributed by atoms with Gasteiger partial charge in [-0.1, -0.05) is 42.6 Å².